The van der Waals surface area contributed by atoms with Crippen LogP contribution in [0.15, 0.2) is 22.9 Å². The molecule has 3 nitrogen and oxygen atoms in total. The average Bonchev–Trinajstić information content (AvgIpc) is 2.23. The highest BCUT2D eigenvalue weighted by Gasteiger charge is 2.05. The molecule has 0 bridgehead atoms. The van der Waals surface area contributed by atoms with Crippen molar-refractivity contribution >= 4 is 21.9 Å². The molecule has 0 fully saturated rings. The van der Waals surface area contributed by atoms with Gasteiger partial charge in [0.1, 0.15) is 0 Å². The largest absolute Gasteiger partial charge is 0.462 e. The molecule has 1 rings (SSSR count). The molecule has 64 valence electrons. The van der Waals surface area contributed by atoms with Crippen molar-refractivity contribution in [2.45, 2.75) is 6.85 Å². The lowest BCUT2D eigenvalue weighted by atomic mass is 10.3. The number of hydrogen-bond acceptors (Lipinski definition) is 3. The molecule has 0 spiro atoms. The number of carbonyl (C=O) groups is 1. The fourth-order valence-corrected chi connectivity index (χ4v) is 0.780. The number of ether oxygens (including phenoxy) is 1. The first kappa shape index (κ1) is 3.10. The molecule has 0 N–H and O–H groups in total. The van der Waals surface area contributed by atoms with Gasteiger partial charge in [-0.15, -0.1) is 0 Å². The highest BCUT2D eigenvalue weighted by molar-refractivity contribution is 9.10. The third-order valence-electron chi connectivity index (χ3n) is 0.904. The Hall–Kier alpha value is -0.900. The van der Waals surface area contributed by atoms with Crippen LogP contribution in [0.4, 0.5) is 0 Å². The normalized spacial score (nSPS) is 21.4. The summed E-state index contributed by atoms with van der Waals surface area (Å²) in [6.07, 6.45) is -1.22. The van der Waals surface area contributed by atoms with Gasteiger partial charge >= 0.3 is 5.97 Å². The highest BCUT2D eigenvalue weighted by Crippen LogP contribution is 2.10. The van der Waals surface area contributed by atoms with Crippen LogP contribution in [0.25, 0.3) is 0 Å². The second-order valence-corrected chi connectivity index (χ2v) is 2.43. The Morgan fingerprint density at radius 3 is 3.58 bits per heavy atom. The van der Waals surface area contributed by atoms with Gasteiger partial charge in [0.2, 0.25) is 0 Å². The second kappa shape index (κ2) is 4.21. The maximum absolute atomic E-state index is 11.7. The van der Waals surface area contributed by atoms with Crippen LogP contribution in [0.2, 0.25) is 0 Å². The molecule has 1 aromatic heterocycles. The van der Waals surface area contributed by atoms with E-state index in [1.807, 2.05) is 0 Å². The summed E-state index contributed by atoms with van der Waals surface area (Å²) >= 11 is 2.82. The van der Waals surface area contributed by atoms with E-state index < -0.39 is 43.3 Å². The zero-order valence-electron chi connectivity index (χ0n) is 13.6. The number of nitrogens with zero attached hydrogens (tertiary/aromatic N) is 1. The second-order valence-electron chi connectivity index (χ2n) is 1.64. The summed E-state index contributed by atoms with van der Waals surface area (Å²) < 4.78 is 61.4. The van der Waals surface area contributed by atoms with Crippen LogP contribution in [-0.4, -0.2) is 17.5 Å². The molecule has 0 atom stereocenters. The van der Waals surface area contributed by atoms with Crippen LogP contribution in [0.5, 0.6) is 0 Å². The first-order valence-corrected chi connectivity index (χ1v) is 3.54. The van der Waals surface area contributed by atoms with E-state index in [2.05, 4.69) is 25.7 Å². The number of pyridine rings is 1. The number of rotatable bonds is 2. The molecule has 0 radical (unpaired) electrons. The minimum atomic E-state index is -3.27. The summed E-state index contributed by atoms with van der Waals surface area (Å²) in [5.74, 6) is -1.51. The molecule has 0 aromatic carbocycles. The summed E-state index contributed by atoms with van der Waals surface area (Å²) in [5, 5.41) is 0. The lowest BCUT2D eigenvalue weighted by molar-refractivity contribution is 0.0526. The molecular formula is C8H8BrNO2. The molecule has 12 heavy (non-hydrogen) atoms. The predicted molar refractivity (Wildman–Crippen MR) is 47.9 cm³/mol. The van der Waals surface area contributed by atoms with Crippen molar-refractivity contribution in [2.75, 3.05) is 6.56 Å². The Morgan fingerprint density at radius 2 is 2.83 bits per heavy atom. The van der Waals surface area contributed by atoms with Crippen LogP contribution < -0.4 is 0 Å². The zero-order valence-corrected chi connectivity index (χ0v) is 7.23. The average molecular weight is 238 g/mol. The Balaban J connectivity index is 3.22. The van der Waals surface area contributed by atoms with Gasteiger partial charge in [-0.1, -0.05) is 0 Å². The van der Waals surface area contributed by atoms with E-state index in [4.69, 9.17) is 11.0 Å². The van der Waals surface area contributed by atoms with Gasteiger partial charge < -0.3 is 4.74 Å². The van der Waals surface area contributed by atoms with E-state index in [0.29, 0.717) is 0 Å². The van der Waals surface area contributed by atoms with Gasteiger partial charge in [0.15, 0.2) is 0 Å². The molecule has 1 aromatic rings. The van der Waals surface area contributed by atoms with Crippen molar-refractivity contribution in [3.63, 3.8) is 0 Å². The third kappa shape index (κ3) is 2.30. The van der Waals surface area contributed by atoms with Crippen molar-refractivity contribution in [2.24, 2.45) is 0 Å². The molecule has 0 amide bonds. The summed E-state index contributed by atoms with van der Waals surface area (Å²) in [7, 11) is 0. The van der Waals surface area contributed by atoms with Gasteiger partial charge in [-0.3, -0.25) is 4.98 Å². The number of halogens is 1. The third-order valence-corrected chi connectivity index (χ3v) is 1.28. The van der Waals surface area contributed by atoms with Crippen molar-refractivity contribution < 1.29 is 20.5 Å². The topological polar surface area (TPSA) is 39.2 Å². The maximum atomic E-state index is 11.7. The Bertz CT molecular complexity index is 558. The van der Waals surface area contributed by atoms with Crippen LogP contribution in [0.3, 0.4) is 0 Å². The highest BCUT2D eigenvalue weighted by atomic mass is 79.9. The van der Waals surface area contributed by atoms with Crippen molar-refractivity contribution in [3.05, 3.63) is 28.4 Å². The number of aromatic nitrogens is 1. The van der Waals surface area contributed by atoms with E-state index in [9.17, 15) is 4.79 Å². The van der Waals surface area contributed by atoms with Gasteiger partial charge in [0.05, 0.1) is 19.0 Å². The predicted octanol–water partition coefficient (Wildman–Crippen LogP) is 2.02. The molecular weight excluding hydrogens is 222 g/mol. The molecule has 0 aliphatic heterocycles. The van der Waals surface area contributed by atoms with Gasteiger partial charge in [-0.2, -0.15) is 0 Å². The molecule has 1 heterocycles. The van der Waals surface area contributed by atoms with E-state index in [1.54, 1.807) is 0 Å². The quantitative estimate of drug-likeness (QED) is 0.740. The van der Waals surface area contributed by atoms with Crippen molar-refractivity contribution in [1.82, 2.24) is 4.98 Å². The zero-order chi connectivity index (χ0) is 15.9. The van der Waals surface area contributed by atoms with Crippen LogP contribution in [-0.2, 0) is 4.74 Å². The number of carbonyl (C=O) groups excluding carboxylic acids is 1. The van der Waals surface area contributed by atoms with Crippen LogP contribution in [0.1, 0.15) is 28.2 Å². The molecule has 0 saturated heterocycles. The Labute approximate surface area is 90.1 Å². The molecule has 0 unspecified atom stereocenters. The standard InChI is InChI=1S/C8H8BrNO2/c1-2-12-8(11)6-3-7(9)5-10-4-6/h3-5H,2H2,1H3/i1D3,2D2,3D,4D,5D. The Morgan fingerprint density at radius 1 is 2.00 bits per heavy atom. The first-order valence-electron chi connectivity index (χ1n) is 6.75. The smallest absolute Gasteiger partial charge is 0.339 e. The summed E-state index contributed by atoms with van der Waals surface area (Å²) in [5.41, 5.74) is -0.721. The van der Waals surface area contributed by atoms with E-state index in [1.165, 1.54) is 0 Å². The molecule has 0 aliphatic carbocycles. The lowest BCUT2D eigenvalue weighted by Gasteiger charge is -2.00. The summed E-state index contributed by atoms with van der Waals surface area (Å²) in [4.78, 5) is 15.1. The fourth-order valence-electron chi connectivity index (χ4n) is 0.493. The van der Waals surface area contributed by atoms with Crippen molar-refractivity contribution in [3.8, 4) is 0 Å². The molecule has 0 saturated carbocycles. The summed E-state index contributed by atoms with van der Waals surface area (Å²) in [6, 6.07) is -0.596. The van der Waals surface area contributed by atoms with Gasteiger partial charge in [0, 0.05) is 20.9 Å². The lowest BCUT2D eigenvalue weighted by Crippen LogP contribution is -2.04. The first-order chi connectivity index (χ1) is 8.88. The molecule has 4 heteroatoms. The van der Waals surface area contributed by atoms with Gasteiger partial charge in [0.25, 0.3) is 0 Å². The number of hydrogen-bond donors (Lipinski definition) is 0. The number of esters is 1. The minimum Gasteiger partial charge on any atom is -0.462 e. The van der Waals surface area contributed by atoms with Crippen molar-refractivity contribution in [1.29, 1.82) is 0 Å². The van der Waals surface area contributed by atoms with E-state index in [-0.39, 0.29) is 4.47 Å². The van der Waals surface area contributed by atoms with E-state index in [0.717, 1.165) is 0 Å². The Kier molecular flexibility index (Phi) is 1.09. The van der Waals surface area contributed by atoms with Crippen LogP contribution in [0, 0.1) is 0 Å². The SMILES string of the molecule is [2H]c1nc([2H])c(C(=O)OC([2H])([2H])C([2H])([2H])[2H])c([2H])c1Br. The fraction of sp³-hybridized carbons (Fsp3) is 0.250. The van der Waals surface area contributed by atoms with Crippen LogP contribution >= 0.6 is 15.9 Å². The van der Waals surface area contributed by atoms with Gasteiger partial charge in [-0.25, -0.2) is 4.79 Å². The van der Waals surface area contributed by atoms with E-state index >= 15 is 0 Å². The maximum Gasteiger partial charge on any atom is 0.339 e. The molecule has 0 aliphatic rings. The summed E-state index contributed by atoms with van der Waals surface area (Å²) in [6.45, 7) is -6.48. The monoisotopic (exact) mass is 237 g/mol. The minimum absolute atomic E-state index is 0.185. The van der Waals surface area contributed by atoms with Gasteiger partial charge in [-0.05, 0) is 28.8 Å².